The summed E-state index contributed by atoms with van der Waals surface area (Å²) in [6.45, 7) is 2.79. The number of esters is 1. The molecule has 0 aliphatic carbocycles. The van der Waals surface area contributed by atoms with Gasteiger partial charge in [0.15, 0.2) is 0 Å². The number of amides is 1. The van der Waals surface area contributed by atoms with E-state index in [-0.39, 0.29) is 19.0 Å². The average Bonchev–Trinajstić information content (AvgIpc) is 3.13. The van der Waals surface area contributed by atoms with Crippen LogP contribution in [0.3, 0.4) is 0 Å². The summed E-state index contributed by atoms with van der Waals surface area (Å²) in [5, 5.41) is 9.70. The number of hydrogen-bond acceptors (Lipinski definition) is 6. The standard InChI is InChI=1S/C17H20N4O4/c1-17(15(22)25-14-10-18-20-19-14)8-5-9-21(12-17)16(23)24-11-13-6-3-2-4-7-13/h2-4,6-7,10H,5,8-9,11-12H2,1H3,(H,18,19,20). The number of piperidine rings is 1. The number of carbonyl (C=O) groups excluding carboxylic acids is 2. The minimum atomic E-state index is -0.803. The van der Waals surface area contributed by atoms with Crippen LogP contribution in [0.1, 0.15) is 25.3 Å². The van der Waals surface area contributed by atoms with E-state index in [9.17, 15) is 9.59 Å². The van der Waals surface area contributed by atoms with E-state index in [4.69, 9.17) is 9.47 Å². The smallest absolute Gasteiger partial charge is 0.410 e. The van der Waals surface area contributed by atoms with Gasteiger partial charge in [-0.2, -0.15) is 10.3 Å². The van der Waals surface area contributed by atoms with Crippen molar-refractivity contribution in [1.82, 2.24) is 20.3 Å². The van der Waals surface area contributed by atoms with Gasteiger partial charge in [-0.05, 0) is 25.3 Å². The third-order valence-electron chi connectivity index (χ3n) is 4.24. The van der Waals surface area contributed by atoms with E-state index in [0.29, 0.717) is 19.4 Å². The number of carbonyl (C=O) groups is 2. The summed E-state index contributed by atoms with van der Waals surface area (Å²) in [6.07, 6.45) is 2.23. The maximum atomic E-state index is 12.5. The molecule has 8 heteroatoms. The van der Waals surface area contributed by atoms with Crippen molar-refractivity contribution >= 4 is 12.1 Å². The number of hydrogen-bond donors (Lipinski definition) is 1. The van der Waals surface area contributed by atoms with E-state index in [1.807, 2.05) is 30.3 Å². The summed E-state index contributed by atoms with van der Waals surface area (Å²) in [5.74, 6) is -0.308. The molecule has 132 valence electrons. The fourth-order valence-corrected chi connectivity index (χ4v) is 2.83. The second kappa shape index (κ2) is 7.33. The van der Waals surface area contributed by atoms with Crippen LogP contribution in [0.2, 0.25) is 0 Å². The Labute approximate surface area is 145 Å². The Hall–Kier alpha value is -2.90. The Balaban J connectivity index is 1.57. The third kappa shape index (κ3) is 4.14. The first-order valence-corrected chi connectivity index (χ1v) is 8.10. The van der Waals surface area contributed by atoms with E-state index in [1.165, 1.54) is 6.20 Å². The molecule has 8 nitrogen and oxygen atoms in total. The highest BCUT2D eigenvalue weighted by molar-refractivity contribution is 5.80. The first kappa shape index (κ1) is 16.9. The van der Waals surface area contributed by atoms with Crippen molar-refractivity contribution in [2.75, 3.05) is 13.1 Å². The van der Waals surface area contributed by atoms with Gasteiger partial charge >= 0.3 is 12.1 Å². The summed E-state index contributed by atoms with van der Waals surface area (Å²) in [7, 11) is 0. The second-order valence-corrected chi connectivity index (χ2v) is 6.32. The number of likely N-dealkylation sites (tertiary alicyclic amines) is 1. The lowest BCUT2D eigenvalue weighted by Crippen LogP contribution is -2.49. The molecule has 2 heterocycles. The van der Waals surface area contributed by atoms with Gasteiger partial charge in [0.25, 0.3) is 5.88 Å². The maximum Gasteiger partial charge on any atom is 0.410 e. The summed E-state index contributed by atoms with van der Waals surface area (Å²) >= 11 is 0. The zero-order valence-electron chi connectivity index (χ0n) is 14.0. The van der Waals surface area contributed by atoms with Crippen LogP contribution < -0.4 is 4.74 Å². The summed E-state index contributed by atoms with van der Waals surface area (Å²) in [6, 6.07) is 9.47. The lowest BCUT2D eigenvalue weighted by atomic mass is 9.82. The molecule has 1 aromatic heterocycles. The van der Waals surface area contributed by atoms with Gasteiger partial charge in [-0.15, -0.1) is 5.10 Å². The molecule has 25 heavy (non-hydrogen) atoms. The van der Waals surface area contributed by atoms with Gasteiger partial charge in [-0.25, -0.2) is 4.79 Å². The molecule has 3 rings (SSSR count). The van der Waals surface area contributed by atoms with Crippen LogP contribution in [-0.2, 0) is 16.1 Å². The van der Waals surface area contributed by atoms with Crippen LogP contribution in [0.5, 0.6) is 5.88 Å². The van der Waals surface area contributed by atoms with Gasteiger partial charge in [0.2, 0.25) is 0 Å². The molecule has 1 fully saturated rings. The van der Waals surface area contributed by atoms with E-state index < -0.39 is 17.5 Å². The first-order chi connectivity index (χ1) is 12.1. The number of H-pyrrole nitrogens is 1. The number of nitrogens with zero attached hydrogens (tertiary/aromatic N) is 3. The van der Waals surface area contributed by atoms with Gasteiger partial charge in [0.1, 0.15) is 12.8 Å². The normalized spacial score (nSPS) is 20.1. The minimum absolute atomic E-state index is 0.120. The highest BCUT2D eigenvalue weighted by Gasteiger charge is 2.41. The Morgan fingerprint density at radius 1 is 1.32 bits per heavy atom. The van der Waals surface area contributed by atoms with Crippen LogP contribution in [0.15, 0.2) is 36.5 Å². The molecule has 1 atom stereocenters. The molecule has 0 bridgehead atoms. The van der Waals surface area contributed by atoms with E-state index in [0.717, 1.165) is 5.56 Å². The van der Waals surface area contributed by atoms with Crippen LogP contribution >= 0.6 is 0 Å². The molecular formula is C17H20N4O4. The Kier molecular flexibility index (Phi) is 4.97. The molecule has 1 aliphatic rings. The highest BCUT2D eigenvalue weighted by Crippen LogP contribution is 2.31. The SMILES string of the molecule is CC1(C(=O)Oc2cn[nH]n2)CCCN(C(=O)OCc2ccccc2)C1. The minimum Gasteiger partial charge on any atom is -0.445 e. The molecule has 1 saturated heterocycles. The molecule has 0 radical (unpaired) electrons. The average molecular weight is 344 g/mol. The monoisotopic (exact) mass is 344 g/mol. The van der Waals surface area contributed by atoms with E-state index in [1.54, 1.807) is 11.8 Å². The van der Waals surface area contributed by atoms with Crippen molar-refractivity contribution in [3.05, 3.63) is 42.1 Å². The number of nitrogens with one attached hydrogen (secondary N) is 1. The lowest BCUT2D eigenvalue weighted by molar-refractivity contribution is -0.148. The molecule has 0 spiro atoms. The van der Waals surface area contributed by atoms with Crippen LogP contribution in [0.25, 0.3) is 0 Å². The van der Waals surface area contributed by atoms with Crippen molar-refractivity contribution in [2.24, 2.45) is 5.41 Å². The van der Waals surface area contributed by atoms with Crippen LogP contribution in [0, 0.1) is 5.41 Å². The van der Waals surface area contributed by atoms with Gasteiger partial charge in [0.05, 0.1) is 5.41 Å². The molecule has 0 saturated carbocycles. The van der Waals surface area contributed by atoms with Gasteiger partial charge in [0, 0.05) is 13.1 Å². The molecule has 1 amide bonds. The second-order valence-electron chi connectivity index (χ2n) is 6.32. The molecule has 1 aliphatic heterocycles. The van der Waals surface area contributed by atoms with Crippen molar-refractivity contribution in [1.29, 1.82) is 0 Å². The lowest BCUT2D eigenvalue weighted by Gasteiger charge is -2.37. The largest absolute Gasteiger partial charge is 0.445 e. The van der Waals surface area contributed by atoms with Gasteiger partial charge in [-0.3, -0.25) is 4.79 Å². The molecule has 1 N–H and O–H groups in total. The Morgan fingerprint density at radius 3 is 2.84 bits per heavy atom. The zero-order valence-corrected chi connectivity index (χ0v) is 14.0. The predicted molar refractivity (Wildman–Crippen MR) is 87.6 cm³/mol. The summed E-state index contributed by atoms with van der Waals surface area (Å²) in [4.78, 5) is 26.3. The number of aromatic nitrogens is 3. The fraction of sp³-hybridized carbons (Fsp3) is 0.412. The van der Waals surface area contributed by atoms with Crippen molar-refractivity contribution in [2.45, 2.75) is 26.4 Å². The number of ether oxygens (including phenoxy) is 2. The predicted octanol–water partition coefficient (Wildman–Crippen LogP) is 2.15. The van der Waals surface area contributed by atoms with E-state index in [2.05, 4.69) is 15.4 Å². The molecule has 2 aromatic rings. The van der Waals surface area contributed by atoms with Gasteiger partial charge in [-0.1, -0.05) is 30.3 Å². The topological polar surface area (TPSA) is 97.4 Å². The van der Waals surface area contributed by atoms with Crippen molar-refractivity contribution in [3.8, 4) is 5.88 Å². The maximum absolute atomic E-state index is 12.5. The molecular weight excluding hydrogens is 324 g/mol. The number of rotatable bonds is 4. The first-order valence-electron chi connectivity index (χ1n) is 8.10. The van der Waals surface area contributed by atoms with Crippen LogP contribution in [0.4, 0.5) is 4.79 Å². The Bertz CT molecular complexity index is 720. The van der Waals surface area contributed by atoms with Crippen molar-refractivity contribution in [3.63, 3.8) is 0 Å². The van der Waals surface area contributed by atoms with E-state index >= 15 is 0 Å². The molecule has 1 aromatic carbocycles. The van der Waals surface area contributed by atoms with Gasteiger partial charge < -0.3 is 14.4 Å². The number of benzene rings is 1. The highest BCUT2D eigenvalue weighted by atomic mass is 16.6. The fourth-order valence-electron chi connectivity index (χ4n) is 2.83. The summed E-state index contributed by atoms with van der Waals surface area (Å²) < 4.78 is 10.6. The van der Waals surface area contributed by atoms with Crippen molar-refractivity contribution < 1.29 is 19.1 Å². The van der Waals surface area contributed by atoms with Crippen LogP contribution in [-0.4, -0.2) is 45.5 Å². The zero-order chi connectivity index (χ0) is 17.7. The summed E-state index contributed by atoms with van der Waals surface area (Å²) in [5.41, 5.74) is 0.115. The third-order valence-corrected chi connectivity index (χ3v) is 4.24. The quantitative estimate of drug-likeness (QED) is 0.854. The number of aromatic amines is 1. The Morgan fingerprint density at radius 2 is 2.12 bits per heavy atom. The molecule has 1 unspecified atom stereocenters.